The zero-order chi connectivity index (χ0) is 16.6. The highest BCUT2D eigenvalue weighted by Gasteiger charge is 2.34. The van der Waals surface area contributed by atoms with Crippen LogP contribution in [0, 0.1) is 0 Å². The molecule has 6 nitrogen and oxygen atoms in total. The summed E-state index contributed by atoms with van der Waals surface area (Å²) in [6.07, 6.45) is 4.29. The number of amides is 1. The molecule has 1 aliphatic rings. The van der Waals surface area contributed by atoms with Gasteiger partial charge in [0.2, 0.25) is 5.69 Å². The van der Waals surface area contributed by atoms with Crippen LogP contribution in [0.3, 0.4) is 0 Å². The lowest BCUT2D eigenvalue weighted by molar-refractivity contribution is -0.356. The van der Waals surface area contributed by atoms with Crippen molar-refractivity contribution in [3.05, 3.63) is 35.7 Å². The molecule has 0 spiro atoms. The molecule has 0 radical (unpaired) electrons. The van der Waals surface area contributed by atoms with E-state index in [1.807, 2.05) is 20.8 Å². The van der Waals surface area contributed by atoms with Crippen molar-refractivity contribution >= 4 is 24.3 Å². The molecule has 0 fully saturated rings. The number of pyridine rings is 1. The van der Waals surface area contributed by atoms with E-state index in [1.54, 1.807) is 30.6 Å². The molecule has 3 rings (SSSR count). The van der Waals surface area contributed by atoms with Gasteiger partial charge in [0.1, 0.15) is 11.3 Å². The van der Waals surface area contributed by atoms with Gasteiger partial charge >= 0.3 is 6.09 Å². The number of carbonyl (C=O) groups excluding carboxylic acids is 2. The summed E-state index contributed by atoms with van der Waals surface area (Å²) >= 11 is 0. The van der Waals surface area contributed by atoms with E-state index >= 15 is 0 Å². The van der Waals surface area contributed by atoms with Gasteiger partial charge in [0.25, 0.3) is 0 Å². The first-order valence-electron chi connectivity index (χ1n) is 7.27. The molecule has 1 aliphatic heterocycles. The van der Waals surface area contributed by atoms with Crippen molar-refractivity contribution in [3.8, 4) is 11.5 Å². The lowest BCUT2D eigenvalue weighted by Gasteiger charge is -2.16. The monoisotopic (exact) mass is 313 g/mol. The van der Waals surface area contributed by atoms with Crippen molar-refractivity contribution < 1.29 is 23.3 Å². The first kappa shape index (κ1) is 15.1. The summed E-state index contributed by atoms with van der Waals surface area (Å²) < 4.78 is 12.3. The number of hydrogen-bond donors (Lipinski definition) is 0. The van der Waals surface area contributed by atoms with E-state index in [0.29, 0.717) is 29.8 Å². The summed E-state index contributed by atoms with van der Waals surface area (Å²) in [6.45, 7) is 5.47. The van der Waals surface area contributed by atoms with Gasteiger partial charge in [-0.25, -0.2) is 0 Å². The molecular weight excluding hydrogens is 296 g/mol. The summed E-state index contributed by atoms with van der Waals surface area (Å²) in [7, 11) is 0. The predicted molar refractivity (Wildman–Crippen MR) is 83.2 cm³/mol. The number of fused-ring (bicyclic) bond motifs is 1. The standard InChI is InChI=1S/C17H17N2O4/c1-17(2,3)23-16(21)19-7-6-11-9-18-13(8-14(11)19)15-5-4-12(10-20)22-15/h4-5,7-10H,6H2,1-3H3/q+1. The van der Waals surface area contributed by atoms with Crippen LogP contribution in [-0.2, 0) is 11.2 Å². The van der Waals surface area contributed by atoms with Crippen LogP contribution in [0.15, 0.2) is 28.8 Å². The van der Waals surface area contributed by atoms with Crippen LogP contribution in [0.2, 0.25) is 0 Å². The third kappa shape index (κ3) is 3.06. The maximum absolute atomic E-state index is 12.3. The SMILES string of the molecule is CC(C)(C)OC(=O)[N+]1=CCc2cnc(-c3ccc(C=O)o3)cc21. The Morgan fingerprint density at radius 2 is 2.17 bits per heavy atom. The predicted octanol–water partition coefficient (Wildman–Crippen LogP) is 3.36. The van der Waals surface area contributed by atoms with Crippen molar-refractivity contribution in [1.82, 2.24) is 4.98 Å². The van der Waals surface area contributed by atoms with Crippen LogP contribution in [0.1, 0.15) is 36.9 Å². The second kappa shape index (κ2) is 5.46. The Balaban J connectivity index is 1.93. The van der Waals surface area contributed by atoms with Gasteiger partial charge in [-0.1, -0.05) is 4.58 Å². The van der Waals surface area contributed by atoms with Gasteiger partial charge in [-0.2, -0.15) is 4.79 Å². The first-order chi connectivity index (χ1) is 10.9. The van der Waals surface area contributed by atoms with Crippen LogP contribution < -0.4 is 0 Å². The molecule has 0 N–H and O–H groups in total. The number of carbonyl (C=O) groups is 2. The molecule has 118 valence electrons. The summed E-state index contributed by atoms with van der Waals surface area (Å²) in [5.74, 6) is 0.712. The fraction of sp³-hybridized carbons (Fsp3) is 0.294. The summed E-state index contributed by atoms with van der Waals surface area (Å²) in [4.78, 5) is 27.4. The minimum Gasteiger partial charge on any atom is -0.452 e. The Bertz CT molecular complexity index is 812. The van der Waals surface area contributed by atoms with Gasteiger partial charge in [-0.05, 0) is 32.9 Å². The fourth-order valence-corrected chi connectivity index (χ4v) is 2.32. The van der Waals surface area contributed by atoms with Crippen LogP contribution in [0.5, 0.6) is 0 Å². The number of aromatic nitrogens is 1. The molecule has 0 atom stereocenters. The number of ether oxygens (including phenoxy) is 1. The summed E-state index contributed by atoms with van der Waals surface area (Å²) in [5, 5.41) is 0. The highest BCUT2D eigenvalue weighted by atomic mass is 16.6. The van der Waals surface area contributed by atoms with E-state index in [0.717, 1.165) is 5.56 Å². The van der Waals surface area contributed by atoms with Gasteiger partial charge in [0.15, 0.2) is 24.0 Å². The highest BCUT2D eigenvalue weighted by Crippen LogP contribution is 2.30. The average molecular weight is 313 g/mol. The van der Waals surface area contributed by atoms with Gasteiger partial charge in [-0.15, -0.1) is 0 Å². The lowest BCUT2D eigenvalue weighted by atomic mass is 10.2. The number of hydrogen-bond acceptors (Lipinski definition) is 5. The van der Waals surface area contributed by atoms with Crippen molar-refractivity contribution in [2.45, 2.75) is 32.8 Å². The van der Waals surface area contributed by atoms with Gasteiger partial charge in [0.05, 0.1) is 12.0 Å². The Kier molecular flexibility index (Phi) is 3.60. The lowest BCUT2D eigenvalue weighted by Crippen LogP contribution is -2.28. The number of rotatable bonds is 2. The zero-order valence-corrected chi connectivity index (χ0v) is 13.2. The van der Waals surface area contributed by atoms with Gasteiger partial charge in [0, 0.05) is 12.3 Å². The molecule has 2 aromatic heterocycles. The molecule has 0 bridgehead atoms. The quantitative estimate of drug-likeness (QED) is 0.628. The van der Waals surface area contributed by atoms with Crippen LogP contribution in [-0.4, -0.2) is 33.8 Å². The molecule has 0 aliphatic carbocycles. The fourth-order valence-electron chi connectivity index (χ4n) is 2.32. The third-order valence-corrected chi connectivity index (χ3v) is 3.30. The second-order valence-electron chi connectivity index (χ2n) is 6.26. The zero-order valence-electron chi connectivity index (χ0n) is 13.2. The van der Waals surface area contributed by atoms with E-state index in [-0.39, 0.29) is 5.76 Å². The molecule has 23 heavy (non-hydrogen) atoms. The minimum atomic E-state index is -0.566. The number of nitrogens with zero attached hydrogens (tertiary/aromatic N) is 2. The molecule has 2 aromatic rings. The van der Waals surface area contributed by atoms with Gasteiger partial charge in [-0.3, -0.25) is 9.78 Å². The second-order valence-corrected chi connectivity index (χ2v) is 6.26. The Morgan fingerprint density at radius 1 is 1.39 bits per heavy atom. The average Bonchev–Trinajstić information content (AvgIpc) is 3.11. The smallest absolute Gasteiger partial charge is 0.452 e. The van der Waals surface area contributed by atoms with E-state index in [2.05, 4.69) is 4.98 Å². The molecule has 6 heteroatoms. The molecule has 1 amide bonds. The van der Waals surface area contributed by atoms with Gasteiger partial charge < -0.3 is 9.15 Å². The largest absolute Gasteiger partial charge is 0.602 e. The Hall–Kier alpha value is -2.76. The van der Waals surface area contributed by atoms with Crippen molar-refractivity contribution in [3.63, 3.8) is 0 Å². The van der Waals surface area contributed by atoms with Crippen molar-refractivity contribution in [1.29, 1.82) is 0 Å². The topological polar surface area (TPSA) is 72.4 Å². The van der Waals surface area contributed by atoms with E-state index in [1.165, 1.54) is 4.58 Å². The normalized spacial score (nSPS) is 13.4. The molecule has 0 saturated heterocycles. The molecule has 0 unspecified atom stereocenters. The third-order valence-electron chi connectivity index (χ3n) is 3.30. The maximum atomic E-state index is 12.3. The maximum Gasteiger partial charge on any atom is 0.602 e. The molecule has 0 saturated carbocycles. The van der Waals surface area contributed by atoms with E-state index in [9.17, 15) is 9.59 Å². The Morgan fingerprint density at radius 3 is 2.83 bits per heavy atom. The van der Waals surface area contributed by atoms with Crippen LogP contribution >= 0.6 is 0 Å². The van der Waals surface area contributed by atoms with Crippen molar-refractivity contribution in [2.75, 3.05) is 0 Å². The molecule has 3 heterocycles. The molecular formula is C17H17N2O4+. The first-order valence-corrected chi connectivity index (χ1v) is 7.27. The van der Waals surface area contributed by atoms with Crippen LogP contribution in [0.25, 0.3) is 11.5 Å². The highest BCUT2D eigenvalue weighted by molar-refractivity contribution is 5.78. The summed E-state index contributed by atoms with van der Waals surface area (Å²) in [6, 6.07) is 5.01. The van der Waals surface area contributed by atoms with Crippen molar-refractivity contribution in [2.24, 2.45) is 0 Å². The Labute approximate surface area is 133 Å². The van der Waals surface area contributed by atoms with E-state index < -0.39 is 11.7 Å². The number of furan rings is 1. The van der Waals surface area contributed by atoms with Crippen LogP contribution in [0.4, 0.5) is 10.5 Å². The van der Waals surface area contributed by atoms with E-state index in [4.69, 9.17) is 9.15 Å². The minimum absolute atomic E-state index is 0.234. The number of aldehydes is 1. The molecule has 0 aromatic carbocycles. The summed E-state index contributed by atoms with van der Waals surface area (Å²) in [5.41, 5.74) is 1.64.